The molecule has 0 aliphatic heterocycles. The summed E-state index contributed by atoms with van der Waals surface area (Å²) in [6.45, 7) is 4.06. The van der Waals surface area contributed by atoms with E-state index >= 15 is 0 Å². The lowest BCUT2D eigenvalue weighted by molar-refractivity contribution is -0.161. The van der Waals surface area contributed by atoms with Crippen LogP contribution in [0.5, 0.6) is 0 Å². The third-order valence-electron chi connectivity index (χ3n) is 16.7. The maximum atomic E-state index is 12.4. The summed E-state index contributed by atoms with van der Waals surface area (Å²) in [5, 5.41) is 9.72. The quantitative estimate of drug-likeness (QED) is 0.0373. The Kier molecular flexibility index (Phi) is 74.3. The van der Waals surface area contributed by atoms with E-state index in [1.807, 2.05) is 0 Å². The molecule has 0 aliphatic carbocycles. The summed E-state index contributed by atoms with van der Waals surface area (Å²) in [5.74, 6) is -0.588. The fourth-order valence-corrected chi connectivity index (χ4v) is 11.1. The van der Waals surface area contributed by atoms with Crippen LogP contribution in [0.1, 0.15) is 373 Å². The summed E-state index contributed by atoms with van der Waals surface area (Å²) in [6.07, 6.45) is 114. The minimum atomic E-state index is -0.783. The first kappa shape index (κ1) is 84.3. The zero-order valence-corrected chi connectivity index (χ0v) is 58.2. The molecule has 5 nitrogen and oxygen atoms in total. The van der Waals surface area contributed by atoms with Crippen molar-refractivity contribution >= 4 is 11.9 Å². The smallest absolute Gasteiger partial charge is 0.306 e. The summed E-state index contributed by atoms with van der Waals surface area (Å²) in [4.78, 5) is 24.7. The Labute approximate surface area is 547 Å². The maximum Gasteiger partial charge on any atom is 0.306 e. The highest BCUT2D eigenvalue weighted by Gasteiger charge is 2.16. The topological polar surface area (TPSA) is 72.8 Å². The van der Waals surface area contributed by atoms with E-state index in [1.54, 1.807) is 0 Å². The molecule has 0 radical (unpaired) electrons. The maximum absolute atomic E-state index is 12.4. The molecule has 88 heavy (non-hydrogen) atoms. The van der Waals surface area contributed by atoms with Crippen molar-refractivity contribution < 1.29 is 24.2 Å². The first-order valence-electron chi connectivity index (χ1n) is 38.1. The first-order chi connectivity index (χ1) is 43.6. The van der Waals surface area contributed by atoms with Crippen LogP contribution < -0.4 is 0 Å². The predicted molar refractivity (Wildman–Crippen MR) is 389 cm³/mol. The average molecular weight is 1220 g/mol. The van der Waals surface area contributed by atoms with Gasteiger partial charge in [-0.25, -0.2) is 0 Å². The van der Waals surface area contributed by atoms with Crippen LogP contribution in [0.3, 0.4) is 0 Å². The Hall–Kier alpha value is -3.70. The first-order valence-corrected chi connectivity index (χ1v) is 38.1. The second-order valence-corrected chi connectivity index (χ2v) is 25.3. The number of carbonyl (C=O) groups excluding carboxylic acids is 2. The van der Waals surface area contributed by atoms with E-state index in [4.69, 9.17) is 9.47 Å². The minimum Gasteiger partial charge on any atom is -0.462 e. The van der Waals surface area contributed by atoms with Crippen LogP contribution in [-0.4, -0.2) is 36.4 Å². The Morgan fingerprint density at radius 2 is 0.489 bits per heavy atom. The Morgan fingerprint density at radius 3 is 0.750 bits per heavy atom. The molecule has 1 N–H and O–H groups in total. The molecule has 0 bridgehead atoms. The number of hydrogen-bond donors (Lipinski definition) is 1. The third kappa shape index (κ3) is 74.8. The number of aliphatic hydroxyl groups excluding tert-OH is 1. The highest BCUT2D eigenvalue weighted by atomic mass is 16.6. The second-order valence-electron chi connectivity index (χ2n) is 25.3. The Bertz CT molecular complexity index is 1720. The van der Waals surface area contributed by atoms with Crippen LogP contribution in [0.15, 0.2) is 122 Å². The average Bonchev–Trinajstić information content (AvgIpc) is 3.55. The van der Waals surface area contributed by atoms with Gasteiger partial charge >= 0.3 is 11.9 Å². The Morgan fingerprint density at radius 1 is 0.273 bits per heavy atom. The van der Waals surface area contributed by atoms with Gasteiger partial charge in [-0.1, -0.05) is 373 Å². The zero-order chi connectivity index (χ0) is 63.3. The predicted octanol–water partition coefficient (Wildman–Crippen LogP) is 26.9. The van der Waals surface area contributed by atoms with E-state index in [0.717, 1.165) is 103 Å². The molecule has 506 valence electrons. The fourth-order valence-electron chi connectivity index (χ4n) is 11.1. The molecule has 0 spiro atoms. The number of esters is 2. The van der Waals surface area contributed by atoms with Crippen molar-refractivity contribution in [2.75, 3.05) is 13.2 Å². The van der Waals surface area contributed by atoms with Crippen molar-refractivity contribution in [1.82, 2.24) is 0 Å². The molecular formula is C83H144O5. The lowest BCUT2D eigenvalue weighted by Crippen LogP contribution is -2.28. The molecule has 0 fully saturated rings. The molecule has 0 aliphatic rings. The van der Waals surface area contributed by atoms with E-state index in [1.165, 1.54) is 244 Å². The summed E-state index contributed by atoms with van der Waals surface area (Å²) in [5.41, 5.74) is 0. The van der Waals surface area contributed by atoms with Crippen molar-refractivity contribution in [3.63, 3.8) is 0 Å². The third-order valence-corrected chi connectivity index (χ3v) is 16.7. The molecule has 0 aromatic carbocycles. The van der Waals surface area contributed by atoms with Crippen LogP contribution >= 0.6 is 0 Å². The van der Waals surface area contributed by atoms with Crippen molar-refractivity contribution in [2.24, 2.45) is 0 Å². The number of hydrogen-bond acceptors (Lipinski definition) is 5. The molecule has 0 heterocycles. The van der Waals surface area contributed by atoms with Crippen molar-refractivity contribution in [2.45, 2.75) is 380 Å². The molecule has 0 saturated heterocycles. The second kappa shape index (κ2) is 77.5. The highest BCUT2D eigenvalue weighted by molar-refractivity contribution is 5.70. The summed E-state index contributed by atoms with van der Waals surface area (Å²) < 4.78 is 10.8. The van der Waals surface area contributed by atoms with Gasteiger partial charge in [-0.15, -0.1) is 0 Å². The number of allylic oxidation sites excluding steroid dienone is 20. The van der Waals surface area contributed by atoms with Gasteiger partial charge in [0, 0.05) is 12.8 Å². The van der Waals surface area contributed by atoms with Gasteiger partial charge < -0.3 is 14.6 Å². The van der Waals surface area contributed by atoms with Crippen LogP contribution in [0, 0.1) is 0 Å². The van der Waals surface area contributed by atoms with Gasteiger partial charge in [-0.2, -0.15) is 0 Å². The zero-order valence-electron chi connectivity index (χ0n) is 58.2. The monoisotopic (exact) mass is 1220 g/mol. The van der Waals surface area contributed by atoms with Gasteiger partial charge in [-0.3, -0.25) is 9.59 Å². The lowest BCUT2D eigenvalue weighted by atomic mass is 10.0. The largest absolute Gasteiger partial charge is 0.462 e. The number of aliphatic hydroxyl groups is 1. The summed E-state index contributed by atoms with van der Waals surface area (Å²) >= 11 is 0. The van der Waals surface area contributed by atoms with E-state index < -0.39 is 6.10 Å². The van der Waals surface area contributed by atoms with Crippen molar-refractivity contribution in [1.29, 1.82) is 0 Å². The van der Waals surface area contributed by atoms with Crippen molar-refractivity contribution in [3.05, 3.63) is 122 Å². The lowest BCUT2D eigenvalue weighted by Gasteiger charge is -2.15. The van der Waals surface area contributed by atoms with Gasteiger partial charge in [0.2, 0.25) is 0 Å². The number of unbranched alkanes of at least 4 members (excludes halogenated alkanes) is 42. The number of carbonyl (C=O) groups is 2. The van der Waals surface area contributed by atoms with Gasteiger partial charge in [0.05, 0.1) is 6.61 Å². The van der Waals surface area contributed by atoms with Gasteiger partial charge in [-0.05, 0) is 109 Å². The molecule has 0 amide bonds. The van der Waals surface area contributed by atoms with E-state index in [0.29, 0.717) is 12.8 Å². The van der Waals surface area contributed by atoms with Crippen LogP contribution in [0.4, 0.5) is 0 Å². The van der Waals surface area contributed by atoms with Crippen LogP contribution in [0.2, 0.25) is 0 Å². The number of ether oxygens (including phenoxy) is 2. The SMILES string of the molecule is CC/C=C\C/C=C\C/C=C\C/C=C\C/C=C\C/C=C\C/C=C\C/C=C\C/C=C\CCCCCCCCCCCC(=O)OC(CO)COC(=O)CCCCCCCCCCCCCCCCCCCCCCCCCCC/C=C\CCCCCCCCCC. The molecule has 1 unspecified atom stereocenters. The van der Waals surface area contributed by atoms with Gasteiger partial charge in [0.1, 0.15) is 6.61 Å². The number of rotatable bonds is 70. The van der Waals surface area contributed by atoms with E-state index in [9.17, 15) is 14.7 Å². The van der Waals surface area contributed by atoms with Crippen LogP contribution in [-0.2, 0) is 19.1 Å². The molecule has 1 atom stereocenters. The van der Waals surface area contributed by atoms with Gasteiger partial charge in [0.15, 0.2) is 6.10 Å². The molecule has 0 rings (SSSR count). The molecular weight excluding hydrogens is 1080 g/mol. The van der Waals surface area contributed by atoms with E-state index in [-0.39, 0.29) is 25.2 Å². The molecule has 0 aromatic heterocycles. The standard InChI is InChI=1S/C83H144O5/c1-3-5-7-9-11-13-15-17-19-21-23-25-27-29-31-33-35-37-39-41-43-45-47-49-51-53-55-57-59-61-63-65-67-69-71-73-75-77-82(85)87-80-81(79-84)88-83(86)78-76-74-72-70-68-66-64-62-60-58-56-54-52-50-48-46-44-42-40-38-36-34-32-30-28-26-24-22-20-18-16-14-12-10-8-6-4-2/h6,8,12,14,18,20-21,23-24,26,30,32,36,38,42,44,48,50,54,56,81,84H,3-5,7,9-11,13,15-17,19,22,25,27-29,31,33-35,37,39-41,43,45-47,49,51-53,55,57-80H2,1-2H3/b8-6-,14-12-,20-18-,23-21-,26-24-,32-30-,38-36-,44-42-,50-48-,56-54-. The van der Waals surface area contributed by atoms with Crippen molar-refractivity contribution in [3.8, 4) is 0 Å². The minimum absolute atomic E-state index is 0.0703. The molecule has 0 aromatic rings. The van der Waals surface area contributed by atoms with Gasteiger partial charge in [0.25, 0.3) is 0 Å². The molecule has 0 saturated carbocycles. The van der Waals surface area contributed by atoms with E-state index in [2.05, 4.69) is 135 Å². The summed E-state index contributed by atoms with van der Waals surface area (Å²) in [6, 6.07) is 0. The Balaban J connectivity index is 3.47. The summed E-state index contributed by atoms with van der Waals surface area (Å²) in [7, 11) is 0. The fraction of sp³-hybridized carbons (Fsp3) is 0.735. The normalized spacial score (nSPS) is 12.9. The van der Waals surface area contributed by atoms with Crippen LogP contribution in [0.25, 0.3) is 0 Å². The molecule has 5 heteroatoms. The highest BCUT2D eigenvalue weighted by Crippen LogP contribution is 2.18.